The smallest absolute Gasteiger partial charge is 0.337 e. The summed E-state index contributed by atoms with van der Waals surface area (Å²) in [5.74, 6) is 0.0671. The van der Waals surface area contributed by atoms with Gasteiger partial charge in [0.25, 0.3) is 0 Å². The van der Waals surface area contributed by atoms with Crippen molar-refractivity contribution in [2.75, 3.05) is 19.5 Å². The fourth-order valence-electron chi connectivity index (χ4n) is 2.88. The standard InChI is InChI=1S/C19H20N4O5/c1-23-10-21-14-8-12(7-13(17(14)23)18(24)25)22-19(26)20-9-11-4-5-15(27-2)16(6-11)28-3/h4-8,10H,9H2,1-3H3,(H,24,25)(H2,20,22,26). The number of carboxylic acids is 1. The maximum Gasteiger partial charge on any atom is 0.337 e. The van der Waals surface area contributed by atoms with Gasteiger partial charge in [-0.2, -0.15) is 0 Å². The average Bonchev–Trinajstić information content (AvgIpc) is 3.06. The Morgan fingerprint density at radius 3 is 2.57 bits per heavy atom. The van der Waals surface area contributed by atoms with Gasteiger partial charge in [-0.1, -0.05) is 6.07 Å². The molecule has 2 aromatic carbocycles. The predicted molar refractivity (Wildman–Crippen MR) is 103 cm³/mol. The van der Waals surface area contributed by atoms with E-state index in [2.05, 4.69) is 15.6 Å². The van der Waals surface area contributed by atoms with Gasteiger partial charge in [0.1, 0.15) is 0 Å². The van der Waals surface area contributed by atoms with Gasteiger partial charge in [0.15, 0.2) is 11.5 Å². The third-order valence-electron chi connectivity index (χ3n) is 4.20. The van der Waals surface area contributed by atoms with Gasteiger partial charge in [-0.05, 0) is 29.8 Å². The molecular weight excluding hydrogens is 364 g/mol. The fraction of sp³-hybridized carbons (Fsp3) is 0.211. The zero-order valence-corrected chi connectivity index (χ0v) is 15.6. The monoisotopic (exact) mass is 384 g/mol. The zero-order valence-electron chi connectivity index (χ0n) is 15.6. The Morgan fingerprint density at radius 2 is 1.89 bits per heavy atom. The SMILES string of the molecule is COc1ccc(CNC(=O)Nc2cc(C(=O)O)c3c(c2)ncn3C)cc1OC. The second-order valence-corrected chi connectivity index (χ2v) is 6.05. The van der Waals surface area contributed by atoms with Crippen LogP contribution in [0.25, 0.3) is 11.0 Å². The lowest BCUT2D eigenvalue weighted by Gasteiger charge is -2.11. The molecule has 0 radical (unpaired) electrons. The van der Waals surface area contributed by atoms with Crippen molar-refractivity contribution in [2.45, 2.75) is 6.54 Å². The number of nitrogens with one attached hydrogen (secondary N) is 2. The molecule has 0 atom stereocenters. The van der Waals surface area contributed by atoms with Crippen LogP contribution in [0, 0.1) is 0 Å². The molecule has 146 valence electrons. The van der Waals surface area contributed by atoms with Crippen molar-refractivity contribution in [1.82, 2.24) is 14.9 Å². The first-order valence-electron chi connectivity index (χ1n) is 8.37. The summed E-state index contributed by atoms with van der Waals surface area (Å²) in [6.07, 6.45) is 1.53. The third kappa shape index (κ3) is 3.83. The molecule has 0 saturated carbocycles. The highest BCUT2D eigenvalue weighted by Crippen LogP contribution is 2.27. The summed E-state index contributed by atoms with van der Waals surface area (Å²) in [4.78, 5) is 27.9. The van der Waals surface area contributed by atoms with Crippen LogP contribution >= 0.6 is 0 Å². The topological polar surface area (TPSA) is 115 Å². The first-order valence-corrected chi connectivity index (χ1v) is 8.37. The van der Waals surface area contributed by atoms with Crippen LogP contribution in [0.15, 0.2) is 36.7 Å². The number of hydrogen-bond acceptors (Lipinski definition) is 5. The first kappa shape index (κ1) is 19.0. The summed E-state index contributed by atoms with van der Waals surface area (Å²) < 4.78 is 12.0. The molecule has 0 saturated heterocycles. The molecule has 0 aliphatic heterocycles. The number of aryl methyl sites for hydroxylation is 1. The summed E-state index contributed by atoms with van der Waals surface area (Å²) in [5, 5.41) is 14.8. The largest absolute Gasteiger partial charge is 0.493 e. The molecule has 1 aromatic heterocycles. The van der Waals surface area contributed by atoms with Crippen LogP contribution in [0.2, 0.25) is 0 Å². The highest BCUT2D eigenvalue weighted by molar-refractivity contribution is 6.04. The van der Waals surface area contributed by atoms with Crippen LogP contribution in [0.1, 0.15) is 15.9 Å². The van der Waals surface area contributed by atoms with Gasteiger partial charge in [-0.15, -0.1) is 0 Å². The lowest BCUT2D eigenvalue weighted by molar-refractivity contribution is 0.0698. The Kier molecular flexibility index (Phi) is 5.35. The van der Waals surface area contributed by atoms with Crippen molar-refractivity contribution in [2.24, 2.45) is 7.05 Å². The van der Waals surface area contributed by atoms with Crippen molar-refractivity contribution in [3.8, 4) is 11.5 Å². The molecule has 0 bridgehead atoms. The van der Waals surface area contributed by atoms with E-state index in [-0.39, 0.29) is 12.1 Å². The van der Waals surface area contributed by atoms with Crippen molar-refractivity contribution in [3.05, 3.63) is 47.8 Å². The Bertz CT molecular complexity index is 1040. The first-order chi connectivity index (χ1) is 13.4. The number of methoxy groups -OCH3 is 2. The van der Waals surface area contributed by atoms with Crippen LogP contribution in [0.5, 0.6) is 11.5 Å². The van der Waals surface area contributed by atoms with Gasteiger partial charge < -0.3 is 29.8 Å². The minimum Gasteiger partial charge on any atom is -0.493 e. The van der Waals surface area contributed by atoms with Gasteiger partial charge in [0, 0.05) is 19.3 Å². The normalized spacial score (nSPS) is 10.5. The molecule has 0 aliphatic carbocycles. The van der Waals surface area contributed by atoms with E-state index in [9.17, 15) is 14.7 Å². The van der Waals surface area contributed by atoms with Crippen LogP contribution < -0.4 is 20.1 Å². The number of urea groups is 1. The summed E-state index contributed by atoms with van der Waals surface area (Å²) in [5.41, 5.74) is 2.20. The summed E-state index contributed by atoms with van der Waals surface area (Å²) in [7, 11) is 4.80. The highest BCUT2D eigenvalue weighted by Gasteiger charge is 2.15. The van der Waals surface area contributed by atoms with Gasteiger partial charge in [-0.3, -0.25) is 0 Å². The molecule has 0 unspecified atom stereocenters. The van der Waals surface area contributed by atoms with E-state index in [0.29, 0.717) is 28.2 Å². The fourth-order valence-corrected chi connectivity index (χ4v) is 2.88. The van der Waals surface area contributed by atoms with Crippen molar-refractivity contribution in [1.29, 1.82) is 0 Å². The molecule has 2 amide bonds. The number of rotatable bonds is 6. The Hall–Kier alpha value is -3.75. The van der Waals surface area contributed by atoms with Crippen LogP contribution in [0.3, 0.4) is 0 Å². The molecule has 0 spiro atoms. The summed E-state index contributed by atoms with van der Waals surface area (Å²) in [6, 6.07) is 7.88. The number of benzene rings is 2. The number of imidazole rings is 1. The minimum absolute atomic E-state index is 0.0627. The van der Waals surface area contributed by atoms with Gasteiger partial charge in [-0.25, -0.2) is 14.6 Å². The Labute approximate surface area is 160 Å². The molecule has 0 aliphatic rings. The number of carbonyl (C=O) groups is 2. The number of carbonyl (C=O) groups excluding carboxylic acids is 1. The van der Waals surface area contributed by atoms with E-state index in [1.807, 2.05) is 6.07 Å². The van der Waals surface area contributed by atoms with E-state index in [4.69, 9.17) is 9.47 Å². The van der Waals surface area contributed by atoms with E-state index in [0.717, 1.165) is 5.56 Å². The lowest BCUT2D eigenvalue weighted by atomic mass is 10.1. The molecule has 3 aromatic rings. The quantitative estimate of drug-likeness (QED) is 0.602. The molecule has 1 heterocycles. The van der Waals surface area contributed by atoms with E-state index >= 15 is 0 Å². The number of anilines is 1. The van der Waals surface area contributed by atoms with Crippen molar-refractivity contribution >= 4 is 28.7 Å². The van der Waals surface area contributed by atoms with Crippen molar-refractivity contribution in [3.63, 3.8) is 0 Å². The average molecular weight is 384 g/mol. The molecule has 28 heavy (non-hydrogen) atoms. The number of aromatic carboxylic acids is 1. The van der Waals surface area contributed by atoms with Gasteiger partial charge >= 0.3 is 12.0 Å². The number of carboxylic acid groups (broad SMARTS) is 1. The number of hydrogen-bond donors (Lipinski definition) is 3. The van der Waals surface area contributed by atoms with Gasteiger partial charge in [0.2, 0.25) is 0 Å². The number of amides is 2. The molecular formula is C19H20N4O5. The second-order valence-electron chi connectivity index (χ2n) is 6.05. The van der Waals surface area contributed by atoms with E-state index in [1.165, 1.54) is 19.5 Å². The third-order valence-corrected chi connectivity index (χ3v) is 4.20. The molecule has 0 fully saturated rings. The number of aromatic nitrogens is 2. The number of nitrogens with zero attached hydrogens (tertiary/aromatic N) is 2. The maximum atomic E-state index is 12.2. The molecule has 3 N–H and O–H groups in total. The molecule has 9 nitrogen and oxygen atoms in total. The van der Waals surface area contributed by atoms with Crippen LogP contribution in [-0.2, 0) is 13.6 Å². The second kappa shape index (κ2) is 7.87. The molecule has 3 rings (SSSR count). The van der Waals surface area contributed by atoms with Gasteiger partial charge in [0.05, 0.1) is 37.1 Å². The van der Waals surface area contributed by atoms with Crippen molar-refractivity contribution < 1.29 is 24.2 Å². The van der Waals surface area contributed by atoms with Crippen LogP contribution in [-0.4, -0.2) is 40.9 Å². The van der Waals surface area contributed by atoms with E-state index in [1.54, 1.807) is 36.9 Å². The predicted octanol–water partition coefficient (Wildman–Crippen LogP) is 2.61. The Balaban J connectivity index is 1.72. The number of fused-ring (bicyclic) bond motifs is 1. The Morgan fingerprint density at radius 1 is 1.14 bits per heavy atom. The highest BCUT2D eigenvalue weighted by atomic mass is 16.5. The van der Waals surface area contributed by atoms with E-state index < -0.39 is 12.0 Å². The lowest BCUT2D eigenvalue weighted by Crippen LogP contribution is -2.28. The number of ether oxygens (including phenoxy) is 2. The minimum atomic E-state index is -1.09. The zero-order chi connectivity index (χ0) is 20.3. The maximum absolute atomic E-state index is 12.2. The summed E-state index contributed by atoms with van der Waals surface area (Å²) >= 11 is 0. The van der Waals surface area contributed by atoms with Crippen LogP contribution in [0.4, 0.5) is 10.5 Å². The summed E-state index contributed by atoms with van der Waals surface area (Å²) in [6.45, 7) is 0.254. The molecule has 9 heteroatoms.